The Balaban J connectivity index is 1.49. The lowest BCUT2D eigenvalue weighted by molar-refractivity contribution is 0.620. The Morgan fingerprint density at radius 3 is 2.44 bits per heavy atom. The smallest absolute Gasteiger partial charge is 0.207 e. The highest BCUT2D eigenvalue weighted by atomic mass is 16.3. The number of rotatable bonds is 1. The molecule has 1 aliphatic carbocycles. The van der Waals surface area contributed by atoms with Crippen LogP contribution in [0.5, 0.6) is 0 Å². The Kier molecular flexibility index (Phi) is 3.00. The highest BCUT2D eigenvalue weighted by molar-refractivity contribution is 6.05. The fourth-order valence-corrected chi connectivity index (χ4v) is 4.30. The SMILES string of the molecule is c1ccc2c(c1)Cc1cc(-c3ccc4c(ccc5ccccc54)[o+]3)ccc1-2. The second-order valence-corrected chi connectivity index (χ2v) is 7.20. The molecule has 1 nitrogen and oxygen atoms in total. The summed E-state index contributed by atoms with van der Waals surface area (Å²) in [5.41, 5.74) is 7.56. The van der Waals surface area contributed by atoms with E-state index < -0.39 is 0 Å². The third kappa shape index (κ3) is 2.22. The van der Waals surface area contributed by atoms with Crippen LogP contribution in [0.4, 0.5) is 0 Å². The maximum atomic E-state index is 6.29. The molecule has 1 aliphatic rings. The summed E-state index contributed by atoms with van der Waals surface area (Å²) in [5, 5.41) is 3.63. The van der Waals surface area contributed by atoms with Crippen molar-refractivity contribution in [1.82, 2.24) is 0 Å². The molecule has 0 radical (unpaired) electrons. The zero-order valence-electron chi connectivity index (χ0n) is 14.8. The Labute approximate surface area is 157 Å². The van der Waals surface area contributed by atoms with Gasteiger partial charge in [-0.05, 0) is 63.7 Å². The highest BCUT2D eigenvalue weighted by Gasteiger charge is 2.21. The van der Waals surface area contributed by atoms with E-state index in [-0.39, 0.29) is 0 Å². The first-order valence-corrected chi connectivity index (χ1v) is 9.33. The number of benzene rings is 4. The number of fused-ring (bicyclic) bond motifs is 6. The van der Waals surface area contributed by atoms with Crippen molar-refractivity contribution in [3.05, 3.63) is 102 Å². The van der Waals surface area contributed by atoms with Crippen LogP contribution in [0.15, 0.2) is 95.4 Å². The molecule has 0 fully saturated rings. The molecule has 1 heterocycles. The minimum atomic E-state index is 0.913. The van der Waals surface area contributed by atoms with Gasteiger partial charge in [0.25, 0.3) is 0 Å². The lowest BCUT2D eigenvalue weighted by Gasteiger charge is -2.02. The second kappa shape index (κ2) is 5.52. The quantitative estimate of drug-likeness (QED) is 0.228. The van der Waals surface area contributed by atoms with E-state index in [2.05, 4.69) is 91.0 Å². The van der Waals surface area contributed by atoms with Crippen molar-refractivity contribution in [2.24, 2.45) is 0 Å². The van der Waals surface area contributed by atoms with Gasteiger partial charge in [-0.25, -0.2) is 4.42 Å². The molecule has 27 heavy (non-hydrogen) atoms. The second-order valence-electron chi connectivity index (χ2n) is 7.20. The van der Waals surface area contributed by atoms with Crippen LogP contribution in [0.3, 0.4) is 0 Å². The fraction of sp³-hybridized carbons (Fsp3) is 0.0385. The molecule has 1 heteroatoms. The average molecular weight is 345 g/mol. The van der Waals surface area contributed by atoms with Gasteiger partial charge in [0.1, 0.15) is 0 Å². The first-order valence-electron chi connectivity index (χ1n) is 9.33. The molecule has 4 aromatic carbocycles. The van der Waals surface area contributed by atoms with Crippen LogP contribution in [0.1, 0.15) is 11.1 Å². The lowest BCUT2D eigenvalue weighted by atomic mass is 10.0. The Morgan fingerprint density at radius 1 is 0.593 bits per heavy atom. The molecule has 1 aromatic heterocycles. The summed E-state index contributed by atoms with van der Waals surface area (Å²) in [6.07, 6.45) is 0.998. The molecule has 0 unspecified atom stereocenters. The van der Waals surface area contributed by atoms with E-state index in [1.54, 1.807) is 0 Å². The lowest BCUT2D eigenvalue weighted by Crippen LogP contribution is -1.85. The van der Waals surface area contributed by atoms with Gasteiger partial charge in [-0.2, -0.15) is 0 Å². The molecule has 0 N–H and O–H groups in total. The van der Waals surface area contributed by atoms with E-state index in [4.69, 9.17) is 4.42 Å². The van der Waals surface area contributed by atoms with Gasteiger partial charge in [0, 0.05) is 12.1 Å². The molecule has 0 amide bonds. The normalized spacial score (nSPS) is 12.3. The first-order chi connectivity index (χ1) is 13.4. The van der Waals surface area contributed by atoms with Gasteiger partial charge in [-0.15, -0.1) is 0 Å². The van der Waals surface area contributed by atoms with Crippen molar-refractivity contribution in [1.29, 1.82) is 0 Å². The van der Waals surface area contributed by atoms with Gasteiger partial charge in [-0.1, -0.05) is 54.6 Å². The third-order valence-electron chi connectivity index (χ3n) is 5.63. The summed E-state index contributed by atoms with van der Waals surface area (Å²) in [4.78, 5) is 0. The summed E-state index contributed by atoms with van der Waals surface area (Å²) in [6.45, 7) is 0. The van der Waals surface area contributed by atoms with Crippen LogP contribution >= 0.6 is 0 Å². The summed E-state index contributed by atoms with van der Waals surface area (Å²) >= 11 is 0. The van der Waals surface area contributed by atoms with Crippen LogP contribution in [0.25, 0.3) is 44.2 Å². The van der Waals surface area contributed by atoms with Crippen LogP contribution in [0, 0.1) is 0 Å². The van der Waals surface area contributed by atoms with Crippen molar-refractivity contribution in [3.63, 3.8) is 0 Å². The van der Waals surface area contributed by atoms with E-state index in [0.29, 0.717) is 0 Å². The summed E-state index contributed by atoms with van der Waals surface area (Å²) in [6, 6.07) is 32.3. The van der Waals surface area contributed by atoms with E-state index in [9.17, 15) is 0 Å². The van der Waals surface area contributed by atoms with Gasteiger partial charge < -0.3 is 0 Å². The zero-order chi connectivity index (χ0) is 17.8. The molecular formula is C26H17O+. The molecular weight excluding hydrogens is 328 g/mol. The zero-order valence-corrected chi connectivity index (χ0v) is 14.8. The van der Waals surface area contributed by atoms with E-state index in [0.717, 1.165) is 28.7 Å². The standard InChI is InChI=1S/C26H17O/c1-3-7-21-17(5-1)10-13-26-24(21)12-14-25(27-26)19-9-11-23-20(16-19)15-18-6-2-4-8-22(18)23/h1-14,16H,15H2/q+1. The summed E-state index contributed by atoms with van der Waals surface area (Å²) in [5.74, 6) is 0.913. The van der Waals surface area contributed by atoms with Gasteiger partial charge in [0.2, 0.25) is 0 Å². The molecule has 0 saturated heterocycles. The topological polar surface area (TPSA) is 11.3 Å². The molecule has 0 saturated carbocycles. The van der Waals surface area contributed by atoms with Crippen LogP contribution in [0.2, 0.25) is 0 Å². The molecule has 5 aromatic rings. The molecule has 0 bridgehead atoms. The Morgan fingerprint density at radius 2 is 1.44 bits per heavy atom. The van der Waals surface area contributed by atoms with Crippen molar-refractivity contribution >= 4 is 21.7 Å². The Bertz CT molecular complexity index is 1350. The van der Waals surface area contributed by atoms with Gasteiger partial charge in [0.05, 0.1) is 10.9 Å². The van der Waals surface area contributed by atoms with Gasteiger partial charge in [0.15, 0.2) is 0 Å². The van der Waals surface area contributed by atoms with E-state index >= 15 is 0 Å². The predicted octanol–water partition coefficient (Wildman–Crippen LogP) is 7.11. The fourth-order valence-electron chi connectivity index (χ4n) is 4.30. The maximum Gasteiger partial charge on any atom is 0.361 e. The van der Waals surface area contributed by atoms with Crippen LogP contribution in [-0.2, 0) is 6.42 Å². The average Bonchev–Trinajstić information content (AvgIpc) is 3.11. The summed E-state index contributed by atoms with van der Waals surface area (Å²) in [7, 11) is 0. The summed E-state index contributed by atoms with van der Waals surface area (Å²) < 4.78 is 6.29. The number of hydrogen-bond donors (Lipinski definition) is 0. The van der Waals surface area contributed by atoms with E-state index in [1.165, 1.54) is 33.0 Å². The van der Waals surface area contributed by atoms with Crippen LogP contribution in [-0.4, -0.2) is 0 Å². The predicted molar refractivity (Wildman–Crippen MR) is 112 cm³/mol. The molecule has 0 atom stereocenters. The van der Waals surface area contributed by atoms with Crippen molar-refractivity contribution in [2.45, 2.75) is 6.42 Å². The highest BCUT2D eigenvalue weighted by Crippen LogP contribution is 2.39. The molecule has 0 aliphatic heterocycles. The van der Waals surface area contributed by atoms with E-state index in [1.807, 2.05) is 0 Å². The molecule has 126 valence electrons. The maximum absolute atomic E-state index is 6.29. The monoisotopic (exact) mass is 345 g/mol. The third-order valence-corrected chi connectivity index (χ3v) is 5.63. The largest absolute Gasteiger partial charge is 0.361 e. The van der Waals surface area contributed by atoms with Crippen LogP contribution < -0.4 is 0 Å². The molecule has 6 rings (SSSR count). The minimum absolute atomic E-state index is 0.913. The van der Waals surface area contributed by atoms with Crippen molar-refractivity contribution in [2.75, 3.05) is 0 Å². The van der Waals surface area contributed by atoms with Crippen molar-refractivity contribution < 1.29 is 4.42 Å². The van der Waals surface area contributed by atoms with Gasteiger partial charge >= 0.3 is 11.3 Å². The Hall–Kier alpha value is -3.45. The first kappa shape index (κ1) is 14.7. The molecule has 0 spiro atoms. The van der Waals surface area contributed by atoms with Gasteiger partial charge in [-0.3, -0.25) is 0 Å². The minimum Gasteiger partial charge on any atom is -0.207 e. The van der Waals surface area contributed by atoms with Crippen molar-refractivity contribution in [3.8, 4) is 22.5 Å². The number of hydrogen-bond acceptors (Lipinski definition) is 0.